The molecule has 0 radical (unpaired) electrons. The first-order valence-electron chi connectivity index (χ1n) is 2.62. The number of ether oxygens (including phenoxy) is 1. The molecule has 0 amide bonds. The third-order valence-corrected chi connectivity index (χ3v) is 1.30. The molecule has 0 fully saturated rings. The Morgan fingerprint density at radius 1 is 1.78 bits per heavy atom. The Morgan fingerprint density at radius 2 is 2.33 bits per heavy atom. The summed E-state index contributed by atoms with van der Waals surface area (Å²) in [7, 11) is 1.17. The van der Waals surface area contributed by atoms with Crippen molar-refractivity contribution in [1.82, 2.24) is 0 Å². The summed E-state index contributed by atoms with van der Waals surface area (Å²) in [6.07, 6.45) is -0.0158. The highest BCUT2D eigenvalue weighted by Crippen LogP contribution is 2.05. The smallest absolute Gasteiger partial charge is 0.317 e. The fourth-order valence-electron chi connectivity index (χ4n) is 0.350. The molecule has 0 aromatic rings. The number of carbonyl (C=O) groups is 1. The van der Waals surface area contributed by atoms with Gasteiger partial charge in [-0.1, -0.05) is 10.8 Å². The molecule has 0 saturated heterocycles. The van der Waals surface area contributed by atoms with E-state index in [1.807, 2.05) is 13.8 Å². The number of rotatable bonds is 3. The highest BCUT2D eigenvalue weighted by Gasteiger charge is 2.02. The van der Waals surface area contributed by atoms with E-state index >= 15 is 0 Å². The normalized spacial score (nSPS) is 9.78. The number of esters is 1. The molecule has 9 heavy (non-hydrogen) atoms. The van der Waals surface area contributed by atoms with Crippen LogP contribution in [0.15, 0.2) is 0 Å². The van der Waals surface area contributed by atoms with Gasteiger partial charge in [0.05, 0.1) is 6.10 Å². The lowest BCUT2D eigenvalue weighted by Gasteiger charge is -2.05. The molecule has 0 saturated carbocycles. The first-order chi connectivity index (χ1) is 4.16. The molecule has 0 aliphatic rings. The van der Waals surface area contributed by atoms with Gasteiger partial charge in [0.1, 0.15) is 5.75 Å². The lowest BCUT2D eigenvalue weighted by molar-refractivity contribution is -0.144. The average molecular weight is 166 g/mol. The third kappa shape index (κ3) is 6.05. The van der Waals surface area contributed by atoms with E-state index in [-0.39, 0.29) is 12.1 Å². The van der Waals surface area contributed by atoms with Crippen molar-refractivity contribution in [3.05, 3.63) is 0 Å². The SMILES string of the molecule is CC(C)OC(=O)CSS. The maximum absolute atomic E-state index is 10.6. The maximum atomic E-state index is 10.6. The lowest BCUT2D eigenvalue weighted by Crippen LogP contribution is -2.12. The summed E-state index contributed by atoms with van der Waals surface area (Å²) in [6.45, 7) is 3.64. The van der Waals surface area contributed by atoms with Crippen molar-refractivity contribution in [2.45, 2.75) is 20.0 Å². The molecule has 0 aromatic heterocycles. The van der Waals surface area contributed by atoms with Gasteiger partial charge < -0.3 is 4.74 Å². The average Bonchev–Trinajstić information content (AvgIpc) is 1.63. The second-order valence-corrected chi connectivity index (χ2v) is 3.13. The molecule has 0 spiro atoms. The molecule has 2 nitrogen and oxygen atoms in total. The molecule has 4 heteroatoms. The van der Waals surface area contributed by atoms with E-state index in [1.54, 1.807) is 0 Å². The van der Waals surface area contributed by atoms with E-state index in [9.17, 15) is 4.79 Å². The summed E-state index contributed by atoms with van der Waals surface area (Å²) in [5.41, 5.74) is 0. The highest BCUT2D eigenvalue weighted by molar-refractivity contribution is 8.68. The van der Waals surface area contributed by atoms with Crippen LogP contribution in [0.3, 0.4) is 0 Å². The molecule has 0 unspecified atom stereocenters. The summed E-state index contributed by atoms with van der Waals surface area (Å²) < 4.78 is 4.78. The van der Waals surface area contributed by atoms with Gasteiger partial charge in [-0.15, -0.1) is 11.7 Å². The van der Waals surface area contributed by atoms with Crippen molar-refractivity contribution >= 4 is 28.4 Å². The van der Waals surface area contributed by atoms with Crippen molar-refractivity contribution in [3.63, 3.8) is 0 Å². The number of carbonyl (C=O) groups excluding carboxylic acids is 1. The Kier molecular flexibility index (Phi) is 5.09. The quantitative estimate of drug-likeness (QED) is 0.391. The van der Waals surface area contributed by atoms with Crippen LogP contribution < -0.4 is 0 Å². The van der Waals surface area contributed by atoms with Gasteiger partial charge in [-0.3, -0.25) is 4.79 Å². The Bertz CT molecular complexity index is 93.0. The topological polar surface area (TPSA) is 26.3 Å². The number of hydrogen-bond donors (Lipinski definition) is 1. The largest absolute Gasteiger partial charge is 0.462 e. The molecule has 0 aliphatic carbocycles. The van der Waals surface area contributed by atoms with Gasteiger partial charge in [-0.25, -0.2) is 0 Å². The molecule has 54 valence electrons. The zero-order chi connectivity index (χ0) is 7.28. The van der Waals surface area contributed by atoms with Crippen LogP contribution in [0.2, 0.25) is 0 Å². The first-order valence-corrected chi connectivity index (χ1v) is 4.66. The zero-order valence-corrected chi connectivity index (χ0v) is 7.17. The molecule has 0 aromatic carbocycles. The third-order valence-electron chi connectivity index (χ3n) is 0.550. The van der Waals surface area contributed by atoms with Crippen LogP contribution in [0.1, 0.15) is 13.8 Å². The second kappa shape index (κ2) is 4.99. The fourth-order valence-corrected chi connectivity index (χ4v) is 0.839. The molecule has 0 bridgehead atoms. The van der Waals surface area contributed by atoms with E-state index in [2.05, 4.69) is 11.7 Å². The molecule has 0 rings (SSSR count). The van der Waals surface area contributed by atoms with Crippen LogP contribution >= 0.6 is 22.5 Å². The van der Waals surface area contributed by atoms with E-state index < -0.39 is 0 Å². The number of thiol groups is 1. The molecular formula is C5H10O2S2. The Labute approximate surface area is 64.2 Å². The highest BCUT2D eigenvalue weighted by atomic mass is 33.1. The maximum Gasteiger partial charge on any atom is 0.317 e. The van der Waals surface area contributed by atoms with Crippen molar-refractivity contribution in [1.29, 1.82) is 0 Å². The molecule has 0 atom stereocenters. The van der Waals surface area contributed by atoms with Crippen LogP contribution in [0.25, 0.3) is 0 Å². The minimum absolute atomic E-state index is 0.0158. The summed E-state index contributed by atoms with van der Waals surface area (Å²) in [5.74, 6) is 0.117. The fraction of sp³-hybridized carbons (Fsp3) is 0.800. The minimum Gasteiger partial charge on any atom is -0.462 e. The Hall–Kier alpha value is 0.170. The zero-order valence-electron chi connectivity index (χ0n) is 5.46. The van der Waals surface area contributed by atoms with Crippen molar-refractivity contribution in [2.75, 3.05) is 5.75 Å². The number of hydrogen-bond acceptors (Lipinski definition) is 4. The van der Waals surface area contributed by atoms with Crippen molar-refractivity contribution in [2.24, 2.45) is 0 Å². The summed E-state index contributed by atoms with van der Waals surface area (Å²) in [5, 5.41) is 0. The van der Waals surface area contributed by atoms with Crippen LogP contribution in [-0.2, 0) is 9.53 Å². The molecule has 0 heterocycles. The second-order valence-electron chi connectivity index (χ2n) is 1.81. The van der Waals surface area contributed by atoms with Gasteiger partial charge in [0.2, 0.25) is 0 Å². The van der Waals surface area contributed by atoms with E-state index in [0.717, 1.165) is 0 Å². The van der Waals surface area contributed by atoms with E-state index in [4.69, 9.17) is 4.74 Å². The van der Waals surface area contributed by atoms with Crippen molar-refractivity contribution in [3.8, 4) is 0 Å². The van der Waals surface area contributed by atoms with Crippen LogP contribution in [0, 0.1) is 0 Å². The predicted molar refractivity (Wildman–Crippen MR) is 42.7 cm³/mol. The van der Waals surface area contributed by atoms with E-state index in [0.29, 0.717) is 5.75 Å². The van der Waals surface area contributed by atoms with Crippen LogP contribution in [0.4, 0.5) is 0 Å². The monoisotopic (exact) mass is 166 g/mol. The summed E-state index contributed by atoms with van der Waals surface area (Å²) in [4.78, 5) is 10.6. The van der Waals surface area contributed by atoms with Gasteiger partial charge in [0, 0.05) is 0 Å². The molecular weight excluding hydrogens is 156 g/mol. The molecule has 0 aliphatic heterocycles. The predicted octanol–water partition coefficient (Wildman–Crippen LogP) is 1.52. The van der Waals surface area contributed by atoms with Gasteiger partial charge in [-0.05, 0) is 13.8 Å². The van der Waals surface area contributed by atoms with Gasteiger partial charge in [0.15, 0.2) is 0 Å². The van der Waals surface area contributed by atoms with Gasteiger partial charge in [-0.2, -0.15) is 0 Å². The van der Waals surface area contributed by atoms with Gasteiger partial charge in [0.25, 0.3) is 0 Å². The Morgan fingerprint density at radius 3 is 2.67 bits per heavy atom. The standard InChI is InChI=1S/C5H10O2S2/c1-4(2)7-5(6)3-9-8/h4,8H,3H2,1-2H3. The summed E-state index contributed by atoms with van der Waals surface area (Å²) >= 11 is 3.80. The van der Waals surface area contributed by atoms with Crippen molar-refractivity contribution < 1.29 is 9.53 Å². The Balaban J connectivity index is 3.27. The molecule has 0 N–H and O–H groups in total. The van der Waals surface area contributed by atoms with Crippen LogP contribution in [-0.4, -0.2) is 17.8 Å². The minimum atomic E-state index is -0.204. The van der Waals surface area contributed by atoms with Gasteiger partial charge >= 0.3 is 5.97 Å². The van der Waals surface area contributed by atoms with E-state index in [1.165, 1.54) is 10.8 Å². The first kappa shape index (κ1) is 9.17. The lowest BCUT2D eigenvalue weighted by atomic mass is 10.5. The van der Waals surface area contributed by atoms with Crippen LogP contribution in [0.5, 0.6) is 0 Å². The summed E-state index contributed by atoms with van der Waals surface area (Å²) in [6, 6.07) is 0.